The van der Waals surface area contributed by atoms with Crippen LogP contribution in [0.15, 0.2) is 33.1 Å². The summed E-state index contributed by atoms with van der Waals surface area (Å²) in [6, 6.07) is 6.33. The second kappa shape index (κ2) is 8.70. The van der Waals surface area contributed by atoms with E-state index in [2.05, 4.69) is 26.0 Å². The molecule has 0 saturated heterocycles. The molecule has 0 bridgehead atoms. The van der Waals surface area contributed by atoms with Crippen LogP contribution < -0.4 is 10.6 Å². The average Bonchev–Trinajstić information content (AvgIpc) is 3.25. The zero-order chi connectivity index (χ0) is 19.4. The van der Waals surface area contributed by atoms with Gasteiger partial charge in [0.2, 0.25) is 11.0 Å². The number of aromatic nitrogens is 3. The highest BCUT2D eigenvalue weighted by atomic mass is 35.5. The lowest BCUT2D eigenvalue weighted by Crippen LogP contribution is -2.13. The van der Waals surface area contributed by atoms with Crippen molar-refractivity contribution in [1.29, 1.82) is 0 Å². The third-order valence-electron chi connectivity index (χ3n) is 3.02. The maximum Gasteiger partial charge on any atom is 0.279 e. The van der Waals surface area contributed by atoms with Gasteiger partial charge in [-0.05, 0) is 25.1 Å². The summed E-state index contributed by atoms with van der Waals surface area (Å²) < 4.78 is 5.38. The van der Waals surface area contributed by atoms with Crippen LogP contribution in [0.3, 0.4) is 0 Å². The first-order valence-electron chi connectivity index (χ1n) is 7.36. The van der Waals surface area contributed by atoms with Crippen LogP contribution in [0.1, 0.15) is 16.2 Å². The van der Waals surface area contributed by atoms with Crippen molar-refractivity contribution in [2.75, 3.05) is 16.4 Å². The smallest absolute Gasteiger partial charge is 0.279 e. The molecular weight excluding hydrogens is 433 g/mol. The number of anilines is 2. The highest BCUT2D eigenvalue weighted by molar-refractivity contribution is 8.01. The molecule has 0 saturated carbocycles. The molecule has 0 atom stereocenters. The third-order valence-corrected chi connectivity index (χ3v) is 5.73. The van der Waals surface area contributed by atoms with E-state index in [1.165, 1.54) is 17.8 Å². The summed E-state index contributed by atoms with van der Waals surface area (Å²) >= 11 is 14.1. The molecule has 0 aliphatic rings. The zero-order valence-electron chi connectivity index (χ0n) is 13.7. The number of thioether (sulfide) groups is 1. The van der Waals surface area contributed by atoms with Gasteiger partial charge in [0, 0.05) is 11.8 Å². The van der Waals surface area contributed by atoms with Crippen molar-refractivity contribution in [3.63, 3.8) is 0 Å². The van der Waals surface area contributed by atoms with Gasteiger partial charge in [0.1, 0.15) is 5.76 Å². The number of nitrogens with zero attached hydrogens (tertiary/aromatic N) is 3. The van der Waals surface area contributed by atoms with E-state index in [0.717, 1.165) is 11.3 Å². The van der Waals surface area contributed by atoms with E-state index in [1.54, 1.807) is 25.1 Å². The molecule has 8 nitrogen and oxygen atoms in total. The Morgan fingerprint density at radius 3 is 2.70 bits per heavy atom. The fraction of sp³-hybridized carbons (Fsp3) is 0.133. The number of rotatable bonds is 6. The first kappa shape index (κ1) is 19.6. The summed E-state index contributed by atoms with van der Waals surface area (Å²) in [5.41, 5.74) is 0.695. The van der Waals surface area contributed by atoms with E-state index in [-0.39, 0.29) is 17.4 Å². The Morgan fingerprint density at radius 1 is 1.19 bits per heavy atom. The second-order valence-corrected chi connectivity index (χ2v) is 8.13. The minimum Gasteiger partial charge on any atom is -0.361 e. The lowest BCUT2D eigenvalue weighted by Gasteiger charge is -2.05. The SMILES string of the molecule is Cc1cc(C(=O)Nc2nnc(SCC(=O)Nc3ccc(Cl)c(Cl)c3)s2)no1. The number of hydrogen-bond acceptors (Lipinski definition) is 8. The molecule has 27 heavy (non-hydrogen) atoms. The number of nitrogens with one attached hydrogen (secondary N) is 2. The summed E-state index contributed by atoms with van der Waals surface area (Å²) in [7, 11) is 0. The van der Waals surface area contributed by atoms with Crippen LogP contribution in [0, 0.1) is 6.92 Å². The van der Waals surface area contributed by atoms with Crippen molar-refractivity contribution in [3.05, 3.63) is 45.8 Å². The molecule has 0 aliphatic carbocycles. The van der Waals surface area contributed by atoms with Gasteiger partial charge in [0.15, 0.2) is 10.0 Å². The van der Waals surface area contributed by atoms with Gasteiger partial charge < -0.3 is 9.84 Å². The molecule has 3 aromatic rings. The van der Waals surface area contributed by atoms with Gasteiger partial charge in [0.05, 0.1) is 15.8 Å². The molecule has 0 spiro atoms. The Kier molecular flexibility index (Phi) is 6.32. The number of carbonyl (C=O) groups excluding carboxylic acids is 2. The normalized spacial score (nSPS) is 10.6. The monoisotopic (exact) mass is 443 g/mol. The molecule has 140 valence electrons. The highest BCUT2D eigenvalue weighted by Gasteiger charge is 2.15. The van der Waals surface area contributed by atoms with Crippen LogP contribution >= 0.6 is 46.3 Å². The van der Waals surface area contributed by atoms with Crippen LogP contribution in [0.5, 0.6) is 0 Å². The van der Waals surface area contributed by atoms with Crippen LogP contribution in [0.25, 0.3) is 0 Å². The van der Waals surface area contributed by atoms with Crippen LogP contribution in [-0.2, 0) is 4.79 Å². The number of aryl methyl sites for hydroxylation is 1. The number of halogens is 2. The molecule has 0 fully saturated rings. The van der Waals surface area contributed by atoms with E-state index in [9.17, 15) is 9.59 Å². The number of amides is 2. The molecule has 0 radical (unpaired) electrons. The first-order valence-corrected chi connectivity index (χ1v) is 9.92. The van der Waals surface area contributed by atoms with E-state index in [1.807, 2.05) is 0 Å². The van der Waals surface area contributed by atoms with E-state index in [0.29, 0.717) is 31.0 Å². The topological polar surface area (TPSA) is 110 Å². The highest BCUT2D eigenvalue weighted by Crippen LogP contribution is 2.27. The quantitative estimate of drug-likeness (QED) is 0.435. The van der Waals surface area contributed by atoms with Crippen molar-refractivity contribution in [2.24, 2.45) is 0 Å². The zero-order valence-corrected chi connectivity index (χ0v) is 16.8. The van der Waals surface area contributed by atoms with Crippen molar-refractivity contribution in [2.45, 2.75) is 11.3 Å². The minimum atomic E-state index is -0.447. The fourth-order valence-electron chi connectivity index (χ4n) is 1.85. The second-order valence-electron chi connectivity index (χ2n) is 5.12. The summed E-state index contributed by atoms with van der Waals surface area (Å²) in [4.78, 5) is 24.0. The predicted octanol–water partition coefficient (Wildman–Crippen LogP) is 4.12. The number of carbonyl (C=O) groups is 2. The molecule has 2 N–H and O–H groups in total. The Labute approximate surface area is 171 Å². The van der Waals surface area contributed by atoms with E-state index >= 15 is 0 Å². The molecule has 3 rings (SSSR count). The summed E-state index contributed by atoms with van der Waals surface area (Å²) in [6.45, 7) is 1.69. The third kappa shape index (κ3) is 5.42. The molecule has 0 aliphatic heterocycles. The predicted molar refractivity (Wildman–Crippen MR) is 105 cm³/mol. The number of hydrogen-bond donors (Lipinski definition) is 2. The molecule has 2 amide bonds. The summed E-state index contributed by atoms with van der Waals surface area (Å²) in [6.07, 6.45) is 0. The molecule has 2 heterocycles. The maximum absolute atomic E-state index is 12.0. The lowest BCUT2D eigenvalue weighted by molar-refractivity contribution is -0.113. The van der Waals surface area contributed by atoms with Crippen molar-refractivity contribution >= 4 is 68.9 Å². The van der Waals surface area contributed by atoms with Crippen LogP contribution in [0.2, 0.25) is 10.0 Å². The molecule has 0 unspecified atom stereocenters. The van der Waals surface area contributed by atoms with Gasteiger partial charge in [-0.15, -0.1) is 10.2 Å². The summed E-state index contributed by atoms with van der Waals surface area (Å²) in [5, 5.41) is 17.8. The van der Waals surface area contributed by atoms with Crippen LogP contribution in [0.4, 0.5) is 10.8 Å². The van der Waals surface area contributed by atoms with Gasteiger partial charge in [-0.1, -0.05) is 51.5 Å². The first-order chi connectivity index (χ1) is 12.9. The standard InChI is InChI=1S/C15H11Cl2N5O3S2/c1-7-4-11(22-25-7)13(24)19-14-20-21-15(27-14)26-6-12(23)18-8-2-3-9(16)10(17)5-8/h2-5H,6H2,1H3,(H,18,23)(H,19,20,24). The Bertz CT molecular complexity index is 992. The molecule has 2 aromatic heterocycles. The van der Waals surface area contributed by atoms with Gasteiger partial charge in [-0.25, -0.2) is 0 Å². The molecule has 1 aromatic carbocycles. The van der Waals surface area contributed by atoms with Crippen LogP contribution in [-0.4, -0.2) is 32.9 Å². The van der Waals surface area contributed by atoms with Gasteiger partial charge in [-0.3, -0.25) is 14.9 Å². The van der Waals surface area contributed by atoms with Gasteiger partial charge >= 0.3 is 0 Å². The fourth-order valence-corrected chi connectivity index (χ4v) is 3.70. The Morgan fingerprint density at radius 2 is 2.00 bits per heavy atom. The van der Waals surface area contributed by atoms with E-state index < -0.39 is 5.91 Å². The maximum atomic E-state index is 12.0. The van der Waals surface area contributed by atoms with Crippen molar-refractivity contribution in [1.82, 2.24) is 15.4 Å². The van der Waals surface area contributed by atoms with Gasteiger partial charge in [0.25, 0.3) is 5.91 Å². The van der Waals surface area contributed by atoms with Crippen molar-refractivity contribution < 1.29 is 14.1 Å². The largest absolute Gasteiger partial charge is 0.361 e. The van der Waals surface area contributed by atoms with Crippen molar-refractivity contribution in [3.8, 4) is 0 Å². The van der Waals surface area contributed by atoms with E-state index in [4.69, 9.17) is 27.7 Å². The summed E-state index contributed by atoms with van der Waals surface area (Å²) in [5.74, 6) is -0.0403. The number of benzene rings is 1. The van der Waals surface area contributed by atoms with Gasteiger partial charge in [-0.2, -0.15) is 0 Å². The Balaban J connectivity index is 1.50. The lowest BCUT2D eigenvalue weighted by atomic mass is 10.3. The molecule has 12 heteroatoms. The average molecular weight is 444 g/mol. The molecular formula is C15H11Cl2N5O3S2. The Hall–Kier alpha value is -2.14. The minimum absolute atomic E-state index is 0.116.